The Hall–Kier alpha value is 0.925. The molecule has 52 heavy (non-hydrogen) atoms. The molecule has 0 amide bonds. The van der Waals surface area contributed by atoms with E-state index < -0.39 is 25.4 Å². The summed E-state index contributed by atoms with van der Waals surface area (Å²) in [6.45, 7) is 13.2. The van der Waals surface area contributed by atoms with Crippen molar-refractivity contribution in [3.05, 3.63) is 70.1 Å². The molecule has 0 saturated carbocycles. The molecule has 1 aliphatic rings. The third kappa shape index (κ3) is 17.2. The van der Waals surface area contributed by atoms with Crippen molar-refractivity contribution in [3.63, 3.8) is 0 Å². The molecule has 3 aromatic carbocycles. The van der Waals surface area contributed by atoms with Gasteiger partial charge in [-0.1, -0.05) is 69.6 Å². The monoisotopic (exact) mass is 1150 g/mol. The van der Waals surface area contributed by atoms with Crippen LogP contribution >= 0.6 is 139 Å². The Morgan fingerprint density at radius 2 is 1.12 bits per heavy atom. The maximum atomic E-state index is 9.15. The molecule has 3 N–H and O–H groups in total. The van der Waals surface area contributed by atoms with E-state index in [1.165, 1.54) is 12.1 Å². The molecule has 1 aliphatic heterocycles. The van der Waals surface area contributed by atoms with Crippen LogP contribution in [0.1, 0.15) is 41.5 Å². The van der Waals surface area contributed by atoms with Gasteiger partial charge in [-0.2, -0.15) is 0 Å². The largest absolute Gasteiger partial charge is 0.508 e. The predicted molar refractivity (Wildman–Crippen MR) is 236 cm³/mol. The predicted octanol–water partition coefficient (Wildman–Crippen LogP) is 10.2. The third-order valence-electron chi connectivity index (χ3n) is 6.84. The molecule has 1 heterocycles. The first kappa shape index (κ1) is 50.9. The fraction of sp³-hybridized carbons (Fsp3) is 0.400. The third-order valence-corrected chi connectivity index (χ3v) is 9.85. The van der Waals surface area contributed by atoms with Gasteiger partial charge in [-0.15, -0.1) is 47.3 Å². The molecule has 0 unspecified atom stereocenters. The van der Waals surface area contributed by atoms with Crippen LogP contribution in [0.4, 0.5) is 0 Å². The van der Waals surface area contributed by atoms with Gasteiger partial charge in [-0.3, -0.25) is 0 Å². The van der Waals surface area contributed by atoms with E-state index in [1.807, 2.05) is 41.5 Å². The summed E-state index contributed by atoms with van der Waals surface area (Å²) in [6.07, 6.45) is 0. The van der Waals surface area contributed by atoms with E-state index in [1.54, 1.807) is 24.3 Å². The van der Waals surface area contributed by atoms with Crippen LogP contribution in [0.2, 0.25) is 30.1 Å². The Morgan fingerprint density at radius 1 is 0.712 bits per heavy atom. The molecule has 0 bridgehead atoms. The minimum absolute atomic E-state index is 0.0231. The summed E-state index contributed by atoms with van der Waals surface area (Å²) < 4.78 is 34.5. The van der Waals surface area contributed by atoms with Crippen LogP contribution in [0, 0.1) is 3.57 Å². The molecule has 0 aliphatic carbocycles. The number of rotatable bonds is 10. The Labute approximate surface area is 374 Å². The van der Waals surface area contributed by atoms with Crippen LogP contribution in [0.15, 0.2) is 36.4 Å². The van der Waals surface area contributed by atoms with E-state index in [0.717, 1.165) is 3.57 Å². The Morgan fingerprint density at radius 3 is 1.56 bits per heavy atom. The number of phenolic OH excluding ortho intramolecular Hbond substituents is 1. The molecule has 3 aromatic rings. The van der Waals surface area contributed by atoms with Crippen LogP contribution in [0.5, 0.6) is 17.2 Å². The minimum Gasteiger partial charge on any atom is -0.508 e. The molecule has 1 saturated heterocycles. The Balaban J connectivity index is 0.000000389. The lowest BCUT2D eigenvalue weighted by Gasteiger charge is -2.32. The molecule has 0 aromatic heterocycles. The van der Waals surface area contributed by atoms with Crippen molar-refractivity contribution >= 4 is 168 Å². The maximum absolute atomic E-state index is 9.15. The lowest BCUT2D eigenvalue weighted by Crippen LogP contribution is -2.41. The summed E-state index contributed by atoms with van der Waals surface area (Å²) in [5.41, 5.74) is -0.430. The molecule has 4 rings (SSSR count). The molecule has 0 atom stereocenters. The molecular weight excluding hydrogens is 1120 g/mol. The Kier molecular flexibility index (Phi) is 24.1. The molecule has 9 nitrogen and oxygen atoms in total. The average molecular weight is 1150 g/mol. The van der Waals surface area contributed by atoms with Crippen molar-refractivity contribution in [2.45, 2.75) is 52.7 Å². The lowest BCUT2D eigenvalue weighted by molar-refractivity contribution is 0.00578. The zero-order valence-electron chi connectivity index (χ0n) is 28.6. The highest BCUT2D eigenvalue weighted by atomic mass is 127. The van der Waals surface area contributed by atoms with Crippen LogP contribution in [0.3, 0.4) is 0 Å². The minimum atomic E-state index is -1.80. The van der Waals surface area contributed by atoms with E-state index >= 15 is 0 Å². The fourth-order valence-electron chi connectivity index (χ4n) is 3.71. The van der Waals surface area contributed by atoms with Gasteiger partial charge < -0.3 is 43.4 Å². The van der Waals surface area contributed by atoms with E-state index in [9.17, 15) is 0 Å². The topological polar surface area (TPSA) is 116 Å². The molecule has 1 fully saturated rings. The number of hydrogen-bond donors (Lipinski definition) is 3. The zero-order valence-corrected chi connectivity index (χ0v) is 40.0. The second kappa shape index (κ2) is 24.6. The number of phenols is 1. The standard InChI is InChI=1S/C15H21BCl2O4.C9H9Cl2IO2.C6H5BCl2O3.BBr3/c1-6-19-9-20-12-8-10(17)7-11(18)13(12)16-21-14(2,3)15(4,5)22-16;1-2-13-5-14-8-4-6(10)3-7(11)9(8)12;8-3-1-4(9)6(7(11)12)5(10)2-3;2-1(3)4/h7-8H,6,9H2,1-5H3;3-4H,2,5H2,1H3;1-2,10-12H;. The quantitative estimate of drug-likeness (QED) is 0.0600. The highest BCUT2D eigenvalue weighted by molar-refractivity contribution is 14.1. The first-order valence-corrected chi connectivity index (χ1v) is 21.0. The second-order valence-electron chi connectivity index (χ2n) is 11.0. The van der Waals surface area contributed by atoms with Crippen molar-refractivity contribution in [2.75, 3.05) is 26.8 Å². The van der Waals surface area contributed by atoms with Gasteiger partial charge in [0.25, 0.3) is 0 Å². The van der Waals surface area contributed by atoms with Crippen molar-refractivity contribution < 1.29 is 43.4 Å². The van der Waals surface area contributed by atoms with Crippen LogP contribution < -0.4 is 20.4 Å². The van der Waals surface area contributed by atoms with Gasteiger partial charge in [-0.05, 0) is 94.5 Å². The van der Waals surface area contributed by atoms with E-state index in [-0.39, 0.29) is 38.0 Å². The fourth-order valence-corrected chi connectivity index (χ4v) is 5.80. The smallest absolute Gasteiger partial charge is 0.500 e. The zero-order chi connectivity index (χ0) is 40.0. The second-order valence-corrected chi connectivity index (χ2v) is 21.1. The average Bonchev–Trinajstić information content (AvgIpc) is 3.20. The summed E-state index contributed by atoms with van der Waals surface area (Å²) >= 11 is 46.7. The van der Waals surface area contributed by atoms with Crippen molar-refractivity contribution in [3.8, 4) is 17.2 Å². The lowest BCUT2D eigenvalue weighted by atomic mass is 9.78. The van der Waals surface area contributed by atoms with E-state index in [0.29, 0.717) is 50.3 Å². The van der Waals surface area contributed by atoms with Gasteiger partial charge >= 0.3 is 17.4 Å². The van der Waals surface area contributed by atoms with Gasteiger partial charge in [0, 0.05) is 55.3 Å². The molecule has 0 radical (unpaired) electrons. The molecule has 288 valence electrons. The first-order chi connectivity index (χ1) is 24.1. The molecule has 0 spiro atoms. The number of ether oxygens (including phenoxy) is 4. The normalized spacial score (nSPS) is 13.8. The van der Waals surface area contributed by atoms with Crippen LogP contribution in [-0.4, -0.2) is 70.6 Å². The van der Waals surface area contributed by atoms with Gasteiger partial charge in [0.15, 0.2) is 13.6 Å². The summed E-state index contributed by atoms with van der Waals surface area (Å²) in [5.74, 6) is 0.823. The number of halogens is 10. The van der Waals surface area contributed by atoms with E-state index in [4.69, 9.17) is 113 Å². The SMILES string of the molecule is BrB(Br)Br.CCOCOc1cc(Cl)cc(Cl)c1B1OC(C)(C)C(C)(C)O1.CCOCOc1cc(Cl)cc(Cl)c1I.OB(O)c1c(O)cc(Cl)cc1Cl. The summed E-state index contributed by atoms with van der Waals surface area (Å²) in [6, 6.07) is 9.23. The van der Waals surface area contributed by atoms with Crippen molar-refractivity contribution in [1.29, 1.82) is 0 Å². The maximum Gasteiger partial charge on any atom is 0.500 e. The van der Waals surface area contributed by atoms with Crippen LogP contribution in [0.25, 0.3) is 0 Å². The van der Waals surface area contributed by atoms with Gasteiger partial charge in [0.2, 0.25) is 0 Å². The van der Waals surface area contributed by atoms with Gasteiger partial charge in [0.05, 0.1) is 19.8 Å². The summed E-state index contributed by atoms with van der Waals surface area (Å²) in [4.78, 5) is 0. The highest BCUT2D eigenvalue weighted by Gasteiger charge is 2.53. The number of aromatic hydroxyl groups is 1. The first-order valence-electron chi connectivity index (χ1n) is 14.9. The number of benzene rings is 3. The van der Waals surface area contributed by atoms with Crippen LogP contribution in [-0.2, 0) is 18.8 Å². The molecular formula is C30H35B3Br3Cl6IO9. The van der Waals surface area contributed by atoms with Gasteiger partial charge in [0.1, 0.15) is 17.2 Å². The van der Waals surface area contributed by atoms with Gasteiger partial charge in [-0.25, -0.2) is 0 Å². The molecule has 22 heteroatoms. The summed E-state index contributed by atoms with van der Waals surface area (Å²) in [5, 5.41) is 29.0. The highest BCUT2D eigenvalue weighted by Crippen LogP contribution is 2.38. The summed E-state index contributed by atoms with van der Waals surface area (Å²) in [7, 11) is -2.42. The van der Waals surface area contributed by atoms with Crippen molar-refractivity contribution in [1.82, 2.24) is 0 Å². The van der Waals surface area contributed by atoms with E-state index in [2.05, 4.69) is 69.9 Å². The Bertz CT molecular complexity index is 1540. The van der Waals surface area contributed by atoms with Crippen molar-refractivity contribution in [2.24, 2.45) is 0 Å². The number of hydrogen-bond acceptors (Lipinski definition) is 9.